The molecule has 1 atom stereocenters. The maximum atomic E-state index is 12.1. The highest BCUT2D eigenvalue weighted by Gasteiger charge is 2.60. The second-order valence-corrected chi connectivity index (χ2v) is 6.29. The maximum Gasteiger partial charge on any atom is 0.410 e. The van der Waals surface area contributed by atoms with E-state index in [4.69, 9.17) is 4.74 Å². The van der Waals surface area contributed by atoms with Crippen molar-refractivity contribution in [3.05, 3.63) is 0 Å². The summed E-state index contributed by atoms with van der Waals surface area (Å²) < 4.78 is 5.35. The Labute approximate surface area is 107 Å². The molecular formula is C13H21NO4. The van der Waals surface area contributed by atoms with E-state index in [1.807, 2.05) is 20.8 Å². The molecule has 102 valence electrons. The van der Waals surface area contributed by atoms with Gasteiger partial charge in [0.05, 0.1) is 11.5 Å². The number of hydrogen-bond donors (Lipinski definition) is 1. The third kappa shape index (κ3) is 2.31. The monoisotopic (exact) mass is 255 g/mol. The molecule has 0 aromatic heterocycles. The summed E-state index contributed by atoms with van der Waals surface area (Å²) in [5.41, 5.74) is -1.24. The Morgan fingerprint density at radius 3 is 2.39 bits per heavy atom. The number of carbonyl (C=O) groups is 2. The highest BCUT2D eigenvalue weighted by Crippen LogP contribution is 2.53. The SMILES string of the molecule is CC(C)(C)OC(=O)N1CCC[C@@H]1C1(C(=O)O)CC1. The van der Waals surface area contributed by atoms with E-state index >= 15 is 0 Å². The second-order valence-electron chi connectivity index (χ2n) is 6.29. The number of rotatable bonds is 2. The van der Waals surface area contributed by atoms with E-state index in [2.05, 4.69) is 0 Å². The highest BCUT2D eigenvalue weighted by molar-refractivity contribution is 5.80. The average Bonchev–Trinajstić information content (AvgIpc) is 2.87. The fourth-order valence-corrected chi connectivity index (χ4v) is 2.70. The molecule has 5 nitrogen and oxygen atoms in total. The molecule has 1 aliphatic heterocycles. The molecule has 2 rings (SSSR count). The van der Waals surface area contributed by atoms with Crippen molar-refractivity contribution >= 4 is 12.1 Å². The maximum absolute atomic E-state index is 12.1. The predicted molar refractivity (Wildman–Crippen MR) is 65.3 cm³/mol. The van der Waals surface area contributed by atoms with Gasteiger partial charge in [0.15, 0.2) is 0 Å². The Balaban J connectivity index is 2.09. The number of aliphatic carboxylic acids is 1. The van der Waals surface area contributed by atoms with E-state index in [1.165, 1.54) is 0 Å². The van der Waals surface area contributed by atoms with E-state index in [0.717, 1.165) is 12.8 Å². The van der Waals surface area contributed by atoms with Gasteiger partial charge in [-0.15, -0.1) is 0 Å². The molecule has 1 saturated carbocycles. The quantitative estimate of drug-likeness (QED) is 0.821. The lowest BCUT2D eigenvalue weighted by Gasteiger charge is -2.31. The first-order valence-electron chi connectivity index (χ1n) is 6.49. The first-order chi connectivity index (χ1) is 8.26. The summed E-state index contributed by atoms with van der Waals surface area (Å²) in [4.78, 5) is 25.0. The lowest BCUT2D eigenvalue weighted by molar-refractivity contribution is -0.145. The fraction of sp³-hybridized carbons (Fsp3) is 0.846. The van der Waals surface area contributed by atoms with E-state index in [0.29, 0.717) is 19.4 Å². The zero-order chi connectivity index (χ0) is 13.6. The summed E-state index contributed by atoms with van der Waals surface area (Å²) in [5, 5.41) is 9.32. The average molecular weight is 255 g/mol. The van der Waals surface area contributed by atoms with E-state index in [1.54, 1.807) is 4.90 Å². The van der Waals surface area contributed by atoms with Crippen molar-refractivity contribution in [2.45, 2.75) is 58.1 Å². The summed E-state index contributed by atoms with van der Waals surface area (Å²) in [6.45, 7) is 6.06. The Hall–Kier alpha value is -1.26. The number of carbonyl (C=O) groups excluding carboxylic acids is 1. The van der Waals surface area contributed by atoms with Gasteiger partial charge in [0, 0.05) is 6.54 Å². The van der Waals surface area contributed by atoms with Gasteiger partial charge in [-0.3, -0.25) is 4.79 Å². The van der Waals surface area contributed by atoms with Crippen molar-refractivity contribution in [1.82, 2.24) is 4.90 Å². The number of likely N-dealkylation sites (tertiary alicyclic amines) is 1. The molecule has 2 fully saturated rings. The van der Waals surface area contributed by atoms with Crippen molar-refractivity contribution in [2.24, 2.45) is 5.41 Å². The Kier molecular flexibility index (Phi) is 3.03. The summed E-state index contributed by atoms with van der Waals surface area (Å²) in [6, 6.07) is -0.190. The minimum Gasteiger partial charge on any atom is -0.481 e. The van der Waals surface area contributed by atoms with Crippen molar-refractivity contribution < 1.29 is 19.4 Å². The molecule has 0 unspecified atom stereocenters. The molecule has 1 heterocycles. The van der Waals surface area contributed by atoms with Crippen LogP contribution in [0, 0.1) is 5.41 Å². The topological polar surface area (TPSA) is 66.8 Å². The van der Waals surface area contributed by atoms with Crippen LogP contribution in [0.2, 0.25) is 0 Å². The van der Waals surface area contributed by atoms with Gasteiger partial charge in [-0.25, -0.2) is 4.79 Å². The molecule has 1 amide bonds. The molecule has 1 aliphatic carbocycles. The van der Waals surface area contributed by atoms with Crippen molar-refractivity contribution in [3.63, 3.8) is 0 Å². The number of ether oxygens (including phenoxy) is 1. The molecule has 2 aliphatic rings. The summed E-state index contributed by atoms with van der Waals surface area (Å²) in [5.74, 6) is -0.775. The van der Waals surface area contributed by atoms with Gasteiger partial charge in [-0.05, 0) is 46.5 Å². The third-order valence-electron chi connectivity index (χ3n) is 3.73. The smallest absolute Gasteiger partial charge is 0.410 e. The molecule has 1 N–H and O–H groups in total. The highest BCUT2D eigenvalue weighted by atomic mass is 16.6. The summed E-state index contributed by atoms with van der Waals surface area (Å²) >= 11 is 0. The number of amides is 1. The van der Waals surface area contributed by atoms with Crippen LogP contribution in [0.4, 0.5) is 4.79 Å². The Morgan fingerprint density at radius 2 is 1.94 bits per heavy atom. The van der Waals surface area contributed by atoms with Gasteiger partial charge in [0.1, 0.15) is 5.60 Å². The Bertz CT molecular complexity index is 368. The van der Waals surface area contributed by atoms with Crippen LogP contribution in [-0.4, -0.2) is 40.3 Å². The fourth-order valence-electron chi connectivity index (χ4n) is 2.70. The van der Waals surface area contributed by atoms with Gasteiger partial charge in [-0.2, -0.15) is 0 Å². The Morgan fingerprint density at radius 1 is 1.33 bits per heavy atom. The molecule has 0 spiro atoms. The molecule has 1 saturated heterocycles. The van der Waals surface area contributed by atoms with Crippen molar-refractivity contribution in [1.29, 1.82) is 0 Å². The molecule has 0 radical (unpaired) electrons. The molecule has 0 aromatic carbocycles. The molecule has 18 heavy (non-hydrogen) atoms. The zero-order valence-electron chi connectivity index (χ0n) is 11.2. The van der Waals surface area contributed by atoms with Crippen LogP contribution >= 0.6 is 0 Å². The summed E-state index contributed by atoms with van der Waals surface area (Å²) in [7, 11) is 0. The van der Waals surface area contributed by atoms with Crippen LogP contribution in [0.1, 0.15) is 46.5 Å². The third-order valence-corrected chi connectivity index (χ3v) is 3.73. The lowest BCUT2D eigenvalue weighted by atomic mass is 9.94. The van der Waals surface area contributed by atoms with Crippen LogP contribution < -0.4 is 0 Å². The first kappa shape index (κ1) is 13.2. The van der Waals surface area contributed by atoms with Crippen LogP contribution in [0.3, 0.4) is 0 Å². The van der Waals surface area contributed by atoms with Gasteiger partial charge >= 0.3 is 12.1 Å². The summed E-state index contributed by atoms with van der Waals surface area (Å²) in [6.07, 6.45) is 2.60. The largest absolute Gasteiger partial charge is 0.481 e. The van der Waals surface area contributed by atoms with Gasteiger partial charge in [-0.1, -0.05) is 0 Å². The normalized spacial score (nSPS) is 25.9. The molecule has 0 aromatic rings. The van der Waals surface area contributed by atoms with Crippen LogP contribution in [0.15, 0.2) is 0 Å². The van der Waals surface area contributed by atoms with Crippen molar-refractivity contribution in [3.8, 4) is 0 Å². The number of nitrogens with zero attached hydrogens (tertiary/aromatic N) is 1. The standard InChI is InChI=1S/C13H21NO4/c1-12(2,3)18-11(17)14-8-4-5-9(14)13(6-7-13)10(15)16/h9H,4-8H2,1-3H3,(H,15,16)/t9-/m1/s1. The van der Waals surface area contributed by atoms with Gasteiger partial charge in [0.25, 0.3) is 0 Å². The van der Waals surface area contributed by atoms with Crippen LogP contribution in [-0.2, 0) is 9.53 Å². The predicted octanol–water partition coefficient (Wildman–Crippen LogP) is 2.25. The minimum absolute atomic E-state index is 0.190. The molecule has 5 heteroatoms. The van der Waals surface area contributed by atoms with Crippen molar-refractivity contribution in [2.75, 3.05) is 6.54 Å². The first-order valence-corrected chi connectivity index (χ1v) is 6.49. The number of carboxylic acid groups (broad SMARTS) is 1. The van der Waals surface area contributed by atoms with Gasteiger partial charge < -0.3 is 14.7 Å². The number of carboxylic acids is 1. The number of hydrogen-bond acceptors (Lipinski definition) is 3. The van der Waals surface area contributed by atoms with E-state index in [-0.39, 0.29) is 12.1 Å². The lowest BCUT2D eigenvalue weighted by Crippen LogP contribution is -2.46. The molecular weight excluding hydrogens is 234 g/mol. The van der Waals surface area contributed by atoms with Gasteiger partial charge in [0.2, 0.25) is 0 Å². The van der Waals surface area contributed by atoms with Crippen LogP contribution in [0.25, 0.3) is 0 Å². The van der Waals surface area contributed by atoms with E-state index < -0.39 is 17.0 Å². The van der Waals surface area contributed by atoms with Crippen LogP contribution in [0.5, 0.6) is 0 Å². The second kappa shape index (κ2) is 4.14. The molecule has 0 bridgehead atoms. The zero-order valence-corrected chi connectivity index (χ0v) is 11.2. The van der Waals surface area contributed by atoms with E-state index in [9.17, 15) is 14.7 Å². The minimum atomic E-state index is -0.775.